The average molecular weight is 259 g/mol. The zero-order chi connectivity index (χ0) is 12.8. The lowest BCUT2D eigenvalue weighted by Gasteiger charge is -2.07. The smallest absolute Gasteiger partial charge is 0.321 e. The molecule has 0 bridgehead atoms. The first-order valence-corrected chi connectivity index (χ1v) is 6.08. The summed E-state index contributed by atoms with van der Waals surface area (Å²) in [6, 6.07) is 3.77. The average Bonchev–Trinajstić information content (AvgIpc) is 2.29. The van der Waals surface area contributed by atoms with Gasteiger partial charge < -0.3 is 15.6 Å². The highest BCUT2D eigenvalue weighted by Crippen LogP contribution is 2.20. The van der Waals surface area contributed by atoms with Gasteiger partial charge in [0.2, 0.25) is 0 Å². The molecule has 6 heteroatoms. The van der Waals surface area contributed by atoms with E-state index in [-0.39, 0.29) is 5.75 Å². The summed E-state index contributed by atoms with van der Waals surface area (Å²) >= 11 is 1.35. The Morgan fingerprint density at radius 2 is 2.35 bits per heavy atom. The quantitative estimate of drug-likeness (QED) is 0.809. The Kier molecular flexibility index (Phi) is 5.24. The van der Waals surface area contributed by atoms with Crippen LogP contribution in [0.4, 0.5) is 4.39 Å². The molecule has 1 aromatic carbocycles. The predicted octanol–water partition coefficient (Wildman–Crippen LogP) is 1.48. The van der Waals surface area contributed by atoms with Gasteiger partial charge in [-0.1, -0.05) is 6.07 Å². The SMILES string of the molecule is COc1ccc(CSC[C@@H](N)C(=O)O)cc1F. The van der Waals surface area contributed by atoms with Crippen LogP contribution in [-0.2, 0) is 10.5 Å². The van der Waals surface area contributed by atoms with E-state index in [1.807, 2.05) is 0 Å². The molecule has 0 radical (unpaired) electrons. The summed E-state index contributed by atoms with van der Waals surface area (Å²) in [5.41, 5.74) is 6.11. The minimum Gasteiger partial charge on any atom is -0.494 e. The summed E-state index contributed by atoms with van der Waals surface area (Å²) in [5.74, 6) is -0.447. The molecule has 0 unspecified atom stereocenters. The molecular formula is C11H14FNO3S. The number of ether oxygens (including phenoxy) is 1. The van der Waals surface area contributed by atoms with Gasteiger partial charge in [-0.2, -0.15) is 11.8 Å². The Morgan fingerprint density at radius 1 is 1.65 bits per heavy atom. The van der Waals surface area contributed by atoms with E-state index >= 15 is 0 Å². The maximum absolute atomic E-state index is 13.3. The van der Waals surface area contributed by atoms with Crippen molar-refractivity contribution in [3.63, 3.8) is 0 Å². The summed E-state index contributed by atoms with van der Waals surface area (Å²) in [6.07, 6.45) is 0. The number of rotatable bonds is 6. The van der Waals surface area contributed by atoms with E-state index in [0.717, 1.165) is 5.56 Å². The first kappa shape index (κ1) is 13.8. The van der Waals surface area contributed by atoms with Gasteiger partial charge in [0, 0.05) is 11.5 Å². The third kappa shape index (κ3) is 4.24. The van der Waals surface area contributed by atoms with Crippen molar-refractivity contribution in [3.8, 4) is 5.75 Å². The molecule has 0 aromatic heterocycles. The minimum atomic E-state index is -1.03. The fourth-order valence-electron chi connectivity index (χ4n) is 1.17. The number of carboxylic acid groups (broad SMARTS) is 1. The second-order valence-electron chi connectivity index (χ2n) is 3.43. The molecule has 1 rings (SSSR count). The molecule has 0 aliphatic rings. The van der Waals surface area contributed by atoms with Crippen molar-refractivity contribution in [1.29, 1.82) is 0 Å². The molecule has 17 heavy (non-hydrogen) atoms. The second kappa shape index (κ2) is 6.46. The number of methoxy groups -OCH3 is 1. The van der Waals surface area contributed by atoms with Gasteiger partial charge in [0.05, 0.1) is 7.11 Å². The molecule has 1 aromatic rings. The number of carboxylic acids is 1. The van der Waals surface area contributed by atoms with Gasteiger partial charge in [-0.05, 0) is 17.7 Å². The van der Waals surface area contributed by atoms with Gasteiger partial charge >= 0.3 is 5.97 Å². The molecule has 3 N–H and O–H groups in total. The summed E-state index contributed by atoms with van der Waals surface area (Å²) in [4.78, 5) is 10.5. The molecule has 94 valence electrons. The molecule has 0 saturated carbocycles. The molecule has 0 saturated heterocycles. The number of thioether (sulfide) groups is 1. The Hall–Kier alpha value is -1.27. The first-order chi connectivity index (χ1) is 8.04. The summed E-state index contributed by atoms with van der Waals surface area (Å²) in [6.45, 7) is 0. The van der Waals surface area contributed by atoms with Crippen molar-refractivity contribution in [2.24, 2.45) is 5.73 Å². The van der Waals surface area contributed by atoms with Crippen molar-refractivity contribution in [3.05, 3.63) is 29.6 Å². The maximum atomic E-state index is 13.3. The van der Waals surface area contributed by atoms with Gasteiger partial charge in [0.15, 0.2) is 11.6 Å². The Morgan fingerprint density at radius 3 is 2.88 bits per heavy atom. The highest BCUT2D eigenvalue weighted by molar-refractivity contribution is 7.98. The van der Waals surface area contributed by atoms with Crippen molar-refractivity contribution in [2.75, 3.05) is 12.9 Å². The fraction of sp³-hybridized carbons (Fsp3) is 0.364. The van der Waals surface area contributed by atoms with E-state index < -0.39 is 17.8 Å². The molecule has 0 heterocycles. The summed E-state index contributed by atoms with van der Waals surface area (Å²) < 4.78 is 18.1. The molecule has 0 fully saturated rings. The Labute approximate surface area is 103 Å². The zero-order valence-corrected chi connectivity index (χ0v) is 10.2. The van der Waals surface area contributed by atoms with Crippen LogP contribution in [0.5, 0.6) is 5.75 Å². The molecule has 1 atom stereocenters. The number of nitrogens with two attached hydrogens (primary N) is 1. The van der Waals surface area contributed by atoms with Crippen molar-refractivity contribution >= 4 is 17.7 Å². The molecule has 0 aliphatic carbocycles. The van der Waals surface area contributed by atoms with Gasteiger partial charge in [-0.3, -0.25) is 4.79 Å². The lowest BCUT2D eigenvalue weighted by atomic mass is 10.2. The Balaban J connectivity index is 2.47. The van der Waals surface area contributed by atoms with Crippen LogP contribution in [0.15, 0.2) is 18.2 Å². The van der Waals surface area contributed by atoms with Crippen molar-refractivity contribution < 1.29 is 19.0 Å². The fourth-order valence-corrected chi connectivity index (χ4v) is 2.10. The number of carbonyl (C=O) groups is 1. The second-order valence-corrected chi connectivity index (χ2v) is 4.46. The summed E-state index contributed by atoms with van der Waals surface area (Å²) in [7, 11) is 1.40. The number of hydrogen-bond acceptors (Lipinski definition) is 4. The largest absolute Gasteiger partial charge is 0.494 e. The molecule has 0 aliphatic heterocycles. The van der Waals surface area contributed by atoms with Crippen LogP contribution >= 0.6 is 11.8 Å². The lowest BCUT2D eigenvalue weighted by Crippen LogP contribution is -2.32. The number of aliphatic carboxylic acids is 1. The number of benzene rings is 1. The monoisotopic (exact) mass is 259 g/mol. The van der Waals surface area contributed by atoms with E-state index in [9.17, 15) is 9.18 Å². The molecule has 0 amide bonds. The Bertz CT molecular complexity index is 400. The first-order valence-electron chi connectivity index (χ1n) is 4.93. The third-order valence-corrected chi connectivity index (χ3v) is 3.23. The van der Waals surface area contributed by atoms with Crippen LogP contribution < -0.4 is 10.5 Å². The lowest BCUT2D eigenvalue weighted by molar-refractivity contribution is -0.137. The van der Waals surface area contributed by atoms with Crippen molar-refractivity contribution in [2.45, 2.75) is 11.8 Å². The highest BCUT2D eigenvalue weighted by atomic mass is 32.2. The van der Waals surface area contributed by atoms with E-state index in [1.165, 1.54) is 24.9 Å². The molecule has 4 nitrogen and oxygen atoms in total. The van der Waals surface area contributed by atoms with Crippen LogP contribution in [0.1, 0.15) is 5.56 Å². The van der Waals surface area contributed by atoms with Crippen molar-refractivity contribution in [1.82, 2.24) is 0 Å². The predicted molar refractivity (Wildman–Crippen MR) is 64.7 cm³/mol. The summed E-state index contributed by atoms with van der Waals surface area (Å²) in [5, 5.41) is 8.58. The molecule has 0 spiro atoms. The zero-order valence-electron chi connectivity index (χ0n) is 9.35. The van der Waals surface area contributed by atoms with E-state index in [0.29, 0.717) is 11.5 Å². The van der Waals surface area contributed by atoms with Crippen LogP contribution in [0.2, 0.25) is 0 Å². The van der Waals surface area contributed by atoms with E-state index in [1.54, 1.807) is 12.1 Å². The third-order valence-electron chi connectivity index (χ3n) is 2.10. The topological polar surface area (TPSA) is 72.5 Å². The van der Waals surface area contributed by atoms with E-state index in [2.05, 4.69) is 0 Å². The van der Waals surface area contributed by atoms with Crippen LogP contribution in [-0.4, -0.2) is 30.0 Å². The van der Waals surface area contributed by atoms with Gasteiger partial charge in [-0.25, -0.2) is 4.39 Å². The normalized spacial score (nSPS) is 12.2. The standard InChI is InChI=1S/C11H14FNO3S/c1-16-10-3-2-7(4-8(10)12)5-17-6-9(13)11(14)15/h2-4,9H,5-6,13H2,1H3,(H,14,15)/t9-/m1/s1. The number of halogens is 1. The van der Waals surface area contributed by atoms with Gasteiger partial charge in [0.25, 0.3) is 0 Å². The van der Waals surface area contributed by atoms with Crippen LogP contribution in [0, 0.1) is 5.82 Å². The van der Waals surface area contributed by atoms with Crippen LogP contribution in [0.3, 0.4) is 0 Å². The maximum Gasteiger partial charge on any atom is 0.321 e. The minimum absolute atomic E-state index is 0.195. The van der Waals surface area contributed by atoms with Crippen LogP contribution in [0.25, 0.3) is 0 Å². The number of hydrogen-bond donors (Lipinski definition) is 2. The highest BCUT2D eigenvalue weighted by Gasteiger charge is 2.11. The van der Waals surface area contributed by atoms with E-state index in [4.69, 9.17) is 15.6 Å². The van der Waals surface area contributed by atoms with Gasteiger partial charge in [0.1, 0.15) is 6.04 Å². The molecular weight excluding hydrogens is 245 g/mol. The van der Waals surface area contributed by atoms with Gasteiger partial charge in [-0.15, -0.1) is 0 Å².